The minimum absolute atomic E-state index is 0.0239. The maximum absolute atomic E-state index is 12.9. The maximum atomic E-state index is 12.9. The van der Waals surface area contributed by atoms with Crippen molar-refractivity contribution >= 4 is 11.6 Å². The Bertz CT molecular complexity index is 1060. The van der Waals surface area contributed by atoms with Gasteiger partial charge in [0.25, 0.3) is 11.5 Å². The molecule has 0 aliphatic carbocycles. The van der Waals surface area contributed by atoms with Gasteiger partial charge >= 0.3 is 0 Å². The second-order valence-corrected chi connectivity index (χ2v) is 6.88. The summed E-state index contributed by atoms with van der Waals surface area (Å²) in [6, 6.07) is 17.3. The van der Waals surface area contributed by atoms with Gasteiger partial charge in [-0.05, 0) is 41.3 Å². The number of anilines is 1. The number of benzene rings is 2. The van der Waals surface area contributed by atoms with Gasteiger partial charge in [0.15, 0.2) is 0 Å². The third-order valence-corrected chi connectivity index (χ3v) is 4.77. The van der Waals surface area contributed by atoms with Crippen LogP contribution in [0.4, 0.5) is 5.69 Å². The van der Waals surface area contributed by atoms with Gasteiger partial charge in [0.1, 0.15) is 5.56 Å². The summed E-state index contributed by atoms with van der Waals surface area (Å²) in [5.74, 6) is -0.442. The molecule has 0 atom stereocenters. The van der Waals surface area contributed by atoms with E-state index in [1.165, 1.54) is 4.57 Å². The smallest absolute Gasteiger partial charge is 0.263 e. The molecule has 0 fully saturated rings. The van der Waals surface area contributed by atoms with Crippen LogP contribution in [0.1, 0.15) is 21.5 Å². The minimum Gasteiger partial charge on any atom is -0.395 e. The lowest BCUT2D eigenvalue weighted by atomic mass is 9.99. The number of aromatic nitrogens is 1. The minimum atomic E-state index is -0.442. The molecule has 3 rings (SSSR count). The van der Waals surface area contributed by atoms with Gasteiger partial charge < -0.3 is 20.3 Å². The predicted octanol–water partition coefficient (Wildman–Crippen LogP) is 2.69. The van der Waals surface area contributed by atoms with Crippen molar-refractivity contribution in [3.05, 3.63) is 87.8 Å². The van der Waals surface area contributed by atoms with Crippen molar-refractivity contribution < 1.29 is 9.90 Å². The standard InChI is InChI=1S/C23H25N3O3/c1-16-19(18-7-4-3-5-8-18)9-6-10-21(16)25-22(28)20-13-17(14-24-11-12-27)15-26(2)23(20)29/h3-10,13,15,24,27H,11-12,14H2,1-2H3,(H,25,28). The SMILES string of the molecule is Cc1c(NC(=O)c2cc(CNCCO)cn(C)c2=O)cccc1-c1ccccc1. The number of hydrogen-bond acceptors (Lipinski definition) is 4. The molecule has 0 aliphatic rings. The molecule has 3 aromatic rings. The zero-order valence-electron chi connectivity index (χ0n) is 16.6. The number of amides is 1. The van der Waals surface area contributed by atoms with E-state index in [0.717, 1.165) is 22.3 Å². The van der Waals surface area contributed by atoms with E-state index < -0.39 is 5.91 Å². The number of pyridine rings is 1. The van der Waals surface area contributed by atoms with Gasteiger partial charge in [0.05, 0.1) is 6.61 Å². The van der Waals surface area contributed by atoms with E-state index in [1.54, 1.807) is 19.3 Å². The molecule has 3 N–H and O–H groups in total. The number of aliphatic hydroxyl groups excluding tert-OH is 1. The van der Waals surface area contributed by atoms with Gasteiger partial charge in [-0.15, -0.1) is 0 Å². The summed E-state index contributed by atoms with van der Waals surface area (Å²) in [5, 5.41) is 14.8. The van der Waals surface area contributed by atoms with Crippen LogP contribution in [0, 0.1) is 6.92 Å². The lowest BCUT2D eigenvalue weighted by Gasteiger charge is -2.14. The molecule has 2 aromatic carbocycles. The van der Waals surface area contributed by atoms with Crippen LogP contribution < -0.4 is 16.2 Å². The highest BCUT2D eigenvalue weighted by molar-refractivity contribution is 6.05. The highest BCUT2D eigenvalue weighted by atomic mass is 16.3. The molecule has 0 aliphatic heterocycles. The molecular weight excluding hydrogens is 366 g/mol. The van der Waals surface area contributed by atoms with E-state index in [-0.39, 0.29) is 17.7 Å². The Kier molecular flexibility index (Phi) is 6.59. The van der Waals surface area contributed by atoms with Crippen molar-refractivity contribution in [2.75, 3.05) is 18.5 Å². The van der Waals surface area contributed by atoms with Crippen LogP contribution in [0.5, 0.6) is 0 Å². The second-order valence-electron chi connectivity index (χ2n) is 6.88. The molecule has 0 radical (unpaired) electrons. The average molecular weight is 391 g/mol. The van der Waals surface area contributed by atoms with E-state index in [1.807, 2.05) is 55.5 Å². The number of aliphatic hydroxyl groups is 1. The first-order valence-corrected chi connectivity index (χ1v) is 9.48. The summed E-state index contributed by atoms with van der Waals surface area (Å²) in [6.07, 6.45) is 1.69. The highest BCUT2D eigenvalue weighted by Gasteiger charge is 2.15. The molecular formula is C23H25N3O3. The number of hydrogen-bond donors (Lipinski definition) is 3. The Morgan fingerprint density at radius 3 is 2.59 bits per heavy atom. The van der Waals surface area contributed by atoms with Gasteiger partial charge in [-0.2, -0.15) is 0 Å². The zero-order chi connectivity index (χ0) is 20.8. The number of carbonyl (C=O) groups is 1. The molecule has 0 saturated heterocycles. The van der Waals surface area contributed by atoms with Crippen molar-refractivity contribution in [1.29, 1.82) is 0 Å². The molecule has 1 heterocycles. The molecule has 0 bridgehead atoms. The van der Waals surface area contributed by atoms with Gasteiger partial charge in [-0.25, -0.2) is 0 Å². The first-order chi connectivity index (χ1) is 14.0. The Morgan fingerprint density at radius 2 is 1.86 bits per heavy atom. The monoisotopic (exact) mass is 391 g/mol. The molecule has 1 amide bonds. The van der Waals surface area contributed by atoms with Crippen LogP contribution in [0.25, 0.3) is 11.1 Å². The fraction of sp³-hybridized carbons (Fsp3) is 0.217. The Hall–Kier alpha value is -3.22. The van der Waals surface area contributed by atoms with E-state index in [4.69, 9.17) is 5.11 Å². The Balaban J connectivity index is 1.88. The molecule has 0 spiro atoms. The maximum Gasteiger partial charge on any atom is 0.263 e. The largest absolute Gasteiger partial charge is 0.395 e. The number of nitrogens with one attached hydrogen (secondary N) is 2. The van der Waals surface area contributed by atoms with Crippen LogP contribution in [0.2, 0.25) is 0 Å². The number of carbonyl (C=O) groups excluding carboxylic acids is 1. The summed E-state index contributed by atoms with van der Waals surface area (Å²) >= 11 is 0. The average Bonchev–Trinajstić information content (AvgIpc) is 2.72. The van der Waals surface area contributed by atoms with Gasteiger partial charge in [-0.3, -0.25) is 9.59 Å². The first kappa shape index (κ1) is 20.5. The van der Waals surface area contributed by atoms with Crippen molar-refractivity contribution in [2.24, 2.45) is 7.05 Å². The van der Waals surface area contributed by atoms with E-state index >= 15 is 0 Å². The topological polar surface area (TPSA) is 83.4 Å². The van der Waals surface area contributed by atoms with Gasteiger partial charge in [-0.1, -0.05) is 42.5 Å². The molecule has 1 aromatic heterocycles. The summed E-state index contributed by atoms with van der Waals surface area (Å²) in [4.78, 5) is 25.4. The zero-order valence-corrected chi connectivity index (χ0v) is 16.6. The van der Waals surface area contributed by atoms with Crippen molar-refractivity contribution in [1.82, 2.24) is 9.88 Å². The van der Waals surface area contributed by atoms with Crippen LogP contribution in [0.3, 0.4) is 0 Å². The van der Waals surface area contributed by atoms with Crippen LogP contribution in [-0.4, -0.2) is 28.7 Å². The van der Waals surface area contributed by atoms with E-state index in [0.29, 0.717) is 18.8 Å². The van der Waals surface area contributed by atoms with E-state index in [2.05, 4.69) is 10.6 Å². The first-order valence-electron chi connectivity index (χ1n) is 9.48. The Labute approximate surface area is 169 Å². The van der Waals surface area contributed by atoms with Gasteiger partial charge in [0, 0.05) is 32.0 Å². The third-order valence-electron chi connectivity index (χ3n) is 4.77. The molecule has 6 nitrogen and oxygen atoms in total. The quantitative estimate of drug-likeness (QED) is 0.541. The van der Waals surface area contributed by atoms with Gasteiger partial charge in [0.2, 0.25) is 0 Å². The predicted molar refractivity (Wildman–Crippen MR) is 115 cm³/mol. The fourth-order valence-corrected chi connectivity index (χ4v) is 3.24. The summed E-state index contributed by atoms with van der Waals surface area (Å²) < 4.78 is 1.40. The summed E-state index contributed by atoms with van der Waals surface area (Å²) in [6.45, 7) is 2.87. The van der Waals surface area contributed by atoms with Crippen molar-refractivity contribution in [3.8, 4) is 11.1 Å². The lowest BCUT2D eigenvalue weighted by Crippen LogP contribution is -2.29. The number of aryl methyl sites for hydroxylation is 1. The molecule has 0 unspecified atom stereocenters. The van der Waals surface area contributed by atoms with Crippen LogP contribution in [-0.2, 0) is 13.6 Å². The number of rotatable bonds is 7. The second kappa shape index (κ2) is 9.32. The number of nitrogens with zero attached hydrogens (tertiary/aromatic N) is 1. The van der Waals surface area contributed by atoms with Crippen LogP contribution in [0.15, 0.2) is 65.6 Å². The van der Waals surface area contributed by atoms with Crippen LogP contribution >= 0.6 is 0 Å². The Morgan fingerprint density at radius 1 is 1.10 bits per heavy atom. The third kappa shape index (κ3) is 4.80. The lowest BCUT2D eigenvalue weighted by molar-refractivity contribution is 0.102. The summed E-state index contributed by atoms with van der Waals surface area (Å²) in [5.41, 5.74) is 4.21. The van der Waals surface area contributed by atoms with E-state index in [9.17, 15) is 9.59 Å². The summed E-state index contributed by atoms with van der Waals surface area (Å²) in [7, 11) is 1.62. The fourth-order valence-electron chi connectivity index (χ4n) is 3.24. The molecule has 29 heavy (non-hydrogen) atoms. The van der Waals surface area contributed by atoms with Crippen molar-refractivity contribution in [3.63, 3.8) is 0 Å². The molecule has 150 valence electrons. The normalized spacial score (nSPS) is 10.7. The highest BCUT2D eigenvalue weighted by Crippen LogP contribution is 2.28. The molecule has 6 heteroatoms. The molecule has 0 saturated carbocycles. The van der Waals surface area contributed by atoms with Crippen molar-refractivity contribution in [2.45, 2.75) is 13.5 Å².